The van der Waals surface area contributed by atoms with Crippen molar-refractivity contribution in [1.29, 1.82) is 0 Å². The van der Waals surface area contributed by atoms with Crippen LogP contribution in [0.15, 0.2) is 65.1 Å². The lowest BCUT2D eigenvalue weighted by Crippen LogP contribution is -2.24. The van der Waals surface area contributed by atoms with Gasteiger partial charge in [0.15, 0.2) is 0 Å². The van der Waals surface area contributed by atoms with Crippen LogP contribution in [-0.2, 0) is 10.2 Å². The highest BCUT2D eigenvalue weighted by atomic mass is 32.2. The van der Waals surface area contributed by atoms with Gasteiger partial charge in [-0.25, -0.2) is 0 Å². The van der Waals surface area contributed by atoms with Crippen molar-refractivity contribution in [3.63, 3.8) is 0 Å². The smallest absolute Gasteiger partial charge is 0.187 e. The molecule has 5 heteroatoms. The van der Waals surface area contributed by atoms with Gasteiger partial charge in [0.25, 0.3) is 0 Å². The Hall–Kier alpha value is -1.98. The molecule has 0 saturated heterocycles. The number of hydrogen-bond acceptors (Lipinski definition) is 2. The van der Waals surface area contributed by atoms with E-state index >= 15 is 0 Å². The van der Waals surface area contributed by atoms with Crippen molar-refractivity contribution in [2.45, 2.75) is 6.04 Å². The molecular weight excluding hydrogens is 260 g/mol. The number of rotatable bonds is 2. The zero-order chi connectivity index (χ0) is 13.3. The summed E-state index contributed by atoms with van der Waals surface area (Å²) in [5.74, 6) is 0. The molecule has 1 atom stereocenters. The fourth-order valence-electron chi connectivity index (χ4n) is 2.11. The van der Waals surface area contributed by atoms with Crippen LogP contribution >= 0.6 is 0 Å². The molecule has 1 N–H and O–H groups in total. The molecule has 1 unspecified atom stereocenters. The predicted octanol–water partition coefficient (Wildman–Crippen LogP) is 2.06. The zero-order valence-corrected chi connectivity index (χ0v) is 10.8. The van der Waals surface area contributed by atoms with Gasteiger partial charge in [0.2, 0.25) is 0 Å². The molecule has 19 heavy (non-hydrogen) atoms. The van der Waals surface area contributed by atoms with Crippen LogP contribution in [0, 0.1) is 0 Å². The fourth-order valence-corrected chi connectivity index (χ4v) is 3.18. The number of benzene rings is 2. The van der Waals surface area contributed by atoms with Gasteiger partial charge in [-0.2, -0.15) is 17.5 Å². The average molecular weight is 272 g/mol. The second-order valence-electron chi connectivity index (χ2n) is 4.28. The molecule has 1 aliphatic heterocycles. The Morgan fingerprint density at radius 2 is 1.47 bits per heavy atom. The first-order valence-corrected chi connectivity index (χ1v) is 7.32. The molecule has 96 valence electrons. The summed E-state index contributed by atoms with van der Waals surface area (Å²) >= 11 is 0. The summed E-state index contributed by atoms with van der Waals surface area (Å²) in [4.78, 5) is 0. The lowest BCUT2D eigenvalue weighted by atomic mass is 9.98. The van der Waals surface area contributed by atoms with Gasteiger partial charge < -0.3 is 0 Å². The predicted molar refractivity (Wildman–Crippen MR) is 74.2 cm³/mol. The maximum absolute atomic E-state index is 11.7. The molecule has 0 saturated carbocycles. The van der Waals surface area contributed by atoms with Crippen LogP contribution in [0.4, 0.5) is 0 Å². The van der Waals surface area contributed by atoms with E-state index in [4.69, 9.17) is 0 Å². The SMILES string of the molecule is O=S1(=O)N=C(c2ccccc2)C(c2ccccc2)N1. The third kappa shape index (κ3) is 2.43. The highest BCUT2D eigenvalue weighted by Crippen LogP contribution is 2.25. The van der Waals surface area contributed by atoms with Gasteiger partial charge in [-0.3, -0.25) is 0 Å². The third-order valence-electron chi connectivity index (χ3n) is 2.96. The van der Waals surface area contributed by atoms with Crippen LogP contribution < -0.4 is 4.72 Å². The van der Waals surface area contributed by atoms with Crippen molar-refractivity contribution < 1.29 is 8.42 Å². The standard InChI is InChI=1S/C14H12N2O2S/c17-19(18)15-13(11-7-3-1-4-8-11)14(16-19)12-9-5-2-6-10-12/h1-10,13,15H. The first-order valence-electron chi connectivity index (χ1n) is 5.88. The third-order valence-corrected chi connectivity index (χ3v) is 3.93. The minimum atomic E-state index is -3.60. The van der Waals surface area contributed by atoms with Gasteiger partial charge in [0.1, 0.15) is 0 Å². The van der Waals surface area contributed by atoms with Gasteiger partial charge >= 0.3 is 10.2 Å². The topological polar surface area (TPSA) is 58.5 Å². The largest absolute Gasteiger partial charge is 0.321 e. The van der Waals surface area contributed by atoms with E-state index in [1.54, 1.807) is 0 Å². The van der Waals surface area contributed by atoms with Gasteiger partial charge in [0, 0.05) is 0 Å². The molecule has 3 rings (SSSR count). The highest BCUT2D eigenvalue weighted by Gasteiger charge is 2.32. The van der Waals surface area contributed by atoms with Crippen LogP contribution in [0.2, 0.25) is 0 Å². The Kier molecular flexibility index (Phi) is 2.93. The van der Waals surface area contributed by atoms with Crippen LogP contribution in [0.5, 0.6) is 0 Å². The Morgan fingerprint density at radius 3 is 2.11 bits per heavy atom. The number of nitrogens with zero attached hydrogens (tertiary/aromatic N) is 1. The molecule has 0 amide bonds. The summed E-state index contributed by atoms with van der Waals surface area (Å²) < 4.78 is 29.8. The van der Waals surface area contributed by atoms with Crippen molar-refractivity contribution >= 4 is 15.9 Å². The van der Waals surface area contributed by atoms with Crippen molar-refractivity contribution in [1.82, 2.24) is 4.72 Å². The monoisotopic (exact) mass is 272 g/mol. The van der Waals surface area contributed by atoms with Crippen LogP contribution in [0.1, 0.15) is 17.2 Å². The lowest BCUT2D eigenvalue weighted by Gasteiger charge is -2.12. The summed E-state index contributed by atoms with van der Waals surface area (Å²) in [5.41, 5.74) is 2.22. The van der Waals surface area contributed by atoms with E-state index in [1.165, 1.54) is 0 Å². The molecule has 4 nitrogen and oxygen atoms in total. The van der Waals surface area contributed by atoms with E-state index in [0.29, 0.717) is 5.71 Å². The van der Waals surface area contributed by atoms with Crippen molar-refractivity contribution in [3.05, 3.63) is 71.8 Å². The van der Waals surface area contributed by atoms with Crippen LogP contribution in [0.25, 0.3) is 0 Å². The van der Waals surface area contributed by atoms with Crippen molar-refractivity contribution in [3.8, 4) is 0 Å². The summed E-state index contributed by atoms with van der Waals surface area (Å²) in [7, 11) is -3.60. The molecule has 1 heterocycles. The van der Waals surface area contributed by atoms with Crippen LogP contribution in [-0.4, -0.2) is 14.1 Å². The first kappa shape index (κ1) is 12.1. The second kappa shape index (κ2) is 4.60. The van der Waals surface area contributed by atoms with E-state index in [-0.39, 0.29) is 0 Å². The van der Waals surface area contributed by atoms with Gasteiger partial charge in [-0.1, -0.05) is 60.7 Å². The van der Waals surface area contributed by atoms with E-state index < -0.39 is 16.3 Å². The number of hydrogen-bond donors (Lipinski definition) is 1. The van der Waals surface area contributed by atoms with Crippen molar-refractivity contribution in [2.75, 3.05) is 0 Å². The molecule has 2 aromatic rings. The molecule has 1 aliphatic rings. The van der Waals surface area contributed by atoms with Crippen LogP contribution in [0.3, 0.4) is 0 Å². The zero-order valence-electron chi connectivity index (χ0n) is 10.0. The maximum Gasteiger partial charge on any atom is 0.321 e. The van der Waals surface area contributed by atoms with Crippen molar-refractivity contribution in [2.24, 2.45) is 4.40 Å². The molecule has 2 aromatic carbocycles. The molecule has 0 bridgehead atoms. The molecule has 0 radical (unpaired) electrons. The molecule has 0 fully saturated rings. The Labute approximate surface area is 112 Å². The lowest BCUT2D eigenvalue weighted by molar-refractivity contribution is 0.585. The normalized spacial score (nSPS) is 21.1. The minimum Gasteiger partial charge on any atom is -0.187 e. The minimum absolute atomic E-state index is 0.423. The number of nitrogens with one attached hydrogen (secondary N) is 1. The van der Waals surface area contributed by atoms with E-state index in [9.17, 15) is 8.42 Å². The first-order chi connectivity index (χ1) is 9.16. The maximum atomic E-state index is 11.7. The Balaban J connectivity index is 2.09. The van der Waals surface area contributed by atoms with E-state index in [1.807, 2.05) is 60.7 Å². The molecular formula is C14H12N2O2S. The van der Waals surface area contributed by atoms with Gasteiger partial charge in [0.05, 0.1) is 11.8 Å². The van der Waals surface area contributed by atoms with Gasteiger partial charge in [-0.05, 0) is 11.1 Å². The average Bonchev–Trinajstić information content (AvgIpc) is 2.77. The van der Waals surface area contributed by atoms with Gasteiger partial charge in [-0.15, -0.1) is 0 Å². The van der Waals surface area contributed by atoms with E-state index in [0.717, 1.165) is 11.1 Å². The summed E-state index contributed by atoms with van der Waals surface area (Å²) in [6.45, 7) is 0. The van der Waals surface area contributed by atoms with E-state index in [2.05, 4.69) is 9.12 Å². The second-order valence-corrected chi connectivity index (χ2v) is 5.65. The Morgan fingerprint density at radius 1 is 0.895 bits per heavy atom. The molecule has 0 aromatic heterocycles. The highest BCUT2D eigenvalue weighted by molar-refractivity contribution is 7.88. The summed E-state index contributed by atoms with van der Waals surface area (Å²) in [6.07, 6.45) is 0. The summed E-state index contributed by atoms with van der Waals surface area (Å²) in [6, 6.07) is 18.3. The molecule has 0 spiro atoms. The summed E-state index contributed by atoms with van der Waals surface area (Å²) in [5, 5.41) is 0. The fraction of sp³-hybridized carbons (Fsp3) is 0.0714. The Bertz CT molecular complexity index is 710. The molecule has 0 aliphatic carbocycles. The quantitative estimate of drug-likeness (QED) is 0.909.